The van der Waals surface area contributed by atoms with E-state index in [-0.39, 0.29) is 6.54 Å². The maximum Gasteiger partial charge on any atom is 0.539 e. The molecule has 12 heavy (non-hydrogen) atoms. The van der Waals surface area contributed by atoms with Crippen molar-refractivity contribution in [2.75, 3.05) is 6.54 Å². The zero-order valence-corrected chi connectivity index (χ0v) is 6.14. The summed E-state index contributed by atoms with van der Waals surface area (Å²) in [6, 6.07) is 0.980. The van der Waals surface area contributed by atoms with Gasteiger partial charge in [0.2, 0.25) is 0 Å². The lowest BCUT2D eigenvalue weighted by atomic mass is 10.2. The maximum atomic E-state index is 11.6. The van der Waals surface area contributed by atoms with Crippen LogP contribution >= 0.6 is 0 Å². The lowest BCUT2D eigenvalue weighted by molar-refractivity contribution is -0.414. The first-order valence-corrected chi connectivity index (χ1v) is 3.45. The summed E-state index contributed by atoms with van der Waals surface area (Å²) in [5.74, 6) is 0. The van der Waals surface area contributed by atoms with Crippen molar-refractivity contribution in [1.29, 1.82) is 5.26 Å². The fraction of sp³-hybridized carbons (Fsp3) is 0.833. The smallest absolute Gasteiger partial charge is 0.199 e. The van der Waals surface area contributed by atoms with Crippen LogP contribution in [0.5, 0.6) is 0 Å². The van der Waals surface area contributed by atoms with Crippen LogP contribution in [0.1, 0.15) is 12.8 Å². The molecule has 0 aromatic rings. The third-order valence-electron chi connectivity index (χ3n) is 1.57. The molecule has 1 fully saturated rings. The van der Waals surface area contributed by atoms with E-state index in [4.69, 9.17) is 5.26 Å². The molecule has 1 aliphatic heterocycles. The van der Waals surface area contributed by atoms with Crippen molar-refractivity contribution < 1.29 is 18.0 Å². The second kappa shape index (κ2) is 3.29. The normalized spacial score (nSPS) is 25.7. The molecule has 0 amide bonds. The monoisotopic (exact) mass is 180 g/mol. The molecule has 0 aliphatic carbocycles. The first-order chi connectivity index (χ1) is 5.53. The Labute approximate surface area is 67.3 Å². The standard InChI is InChI=1S/C6H7F3N2O/c7-6(8,9)12-11-3-1-2-5(11)4-10/h5H,1-3H2. The molecule has 1 heterocycles. The van der Waals surface area contributed by atoms with Crippen LogP contribution in [0, 0.1) is 11.3 Å². The first kappa shape index (κ1) is 9.29. The van der Waals surface area contributed by atoms with Crippen molar-refractivity contribution in [3.05, 3.63) is 0 Å². The number of alkyl halides is 3. The zero-order valence-electron chi connectivity index (χ0n) is 6.14. The molecule has 0 spiro atoms. The molecular weight excluding hydrogens is 173 g/mol. The zero-order chi connectivity index (χ0) is 9.19. The van der Waals surface area contributed by atoms with Gasteiger partial charge in [-0.05, 0) is 12.8 Å². The van der Waals surface area contributed by atoms with Crippen molar-refractivity contribution >= 4 is 0 Å². The summed E-state index contributed by atoms with van der Waals surface area (Å²) in [6.07, 6.45) is -3.68. The van der Waals surface area contributed by atoms with Gasteiger partial charge in [-0.25, -0.2) is 0 Å². The molecule has 0 saturated carbocycles. The van der Waals surface area contributed by atoms with Crippen LogP contribution in [0.3, 0.4) is 0 Å². The molecule has 6 heteroatoms. The summed E-state index contributed by atoms with van der Waals surface area (Å²) in [5.41, 5.74) is 0. The molecule has 1 aliphatic rings. The van der Waals surface area contributed by atoms with Gasteiger partial charge in [0.1, 0.15) is 6.04 Å². The van der Waals surface area contributed by atoms with Crippen molar-refractivity contribution in [3.8, 4) is 6.07 Å². The van der Waals surface area contributed by atoms with E-state index in [1.54, 1.807) is 6.07 Å². The van der Waals surface area contributed by atoms with Crippen molar-refractivity contribution in [2.45, 2.75) is 25.2 Å². The van der Waals surface area contributed by atoms with Crippen LogP contribution in [0.15, 0.2) is 0 Å². The second-order valence-corrected chi connectivity index (χ2v) is 2.46. The average Bonchev–Trinajstić information content (AvgIpc) is 2.31. The number of rotatable bonds is 1. The number of nitrogens with zero attached hydrogens (tertiary/aromatic N) is 2. The number of hydrogen-bond donors (Lipinski definition) is 0. The Morgan fingerprint density at radius 3 is 2.67 bits per heavy atom. The molecule has 0 aromatic heterocycles. The Balaban J connectivity index is 2.48. The lowest BCUT2D eigenvalue weighted by Gasteiger charge is -2.19. The van der Waals surface area contributed by atoms with Gasteiger partial charge in [-0.2, -0.15) is 15.2 Å². The van der Waals surface area contributed by atoms with Gasteiger partial charge in [-0.3, -0.25) is 0 Å². The first-order valence-electron chi connectivity index (χ1n) is 3.45. The fourth-order valence-electron chi connectivity index (χ4n) is 1.11. The largest absolute Gasteiger partial charge is 0.539 e. The van der Waals surface area contributed by atoms with Crippen LogP contribution in [-0.2, 0) is 4.84 Å². The highest BCUT2D eigenvalue weighted by Gasteiger charge is 2.38. The van der Waals surface area contributed by atoms with E-state index in [0.717, 1.165) is 0 Å². The topological polar surface area (TPSA) is 36.3 Å². The van der Waals surface area contributed by atoms with Crippen molar-refractivity contribution in [2.24, 2.45) is 0 Å². The van der Waals surface area contributed by atoms with E-state index < -0.39 is 12.4 Å². The Bertz CT molecular complexity index is 198. The minimum atomic E-state index is -4.68. The molecule has 1 saturated heterocycles. The van der Waals surface area contributed by atoms with Gasteiger partial charge in [-0.15, -0.1) is 13.2 Å². The predicted octanol–water partition coefficient (Wildman–Crippen LogP) is 1.43. The number of hydroxylamine groups is 2. The summed E-state index contributed by atoms with van der Waals surface area (Å²) in [7, 11) is 0. The third kappa shape index (κ3) is 2.36. The van der Waals surface area contributed by atoms with E-state index in [2.05, 4.69) is 4.84 Å². The van der Waals surface area contributed by atoms with Crippen molar-refractivity contribution in [3.63, 3.8) is 0 Å². The highest BCUT2D eigenvalue weighted by molar-refractivity contribution is 4.92. The highest BCUT2D eigenvalue weighted by Crippen LogP contribution is 2.24. The van der Waals surface area contributed by atoms with E-state index in [1.807, 2.05) is 0 Å². The molecule has 0 radical (unpaired) electrons. The average molecular weight is 180 g/mol. The number of nitriles is 1. The highest BCUT2D eigenvalue weighted by atomic mass is 19.4. The Hall–Kier alpha value is -0.800. The van der Waals surface area contributed by atoms with Gasteiger partial charge in [-0.1, -0.05) is 0 Å². The molecule has 1 unspecified atom stereocenters. The number of halogens is 3. The predicted molar refractivity (Wildman–Crippen MR) is 32.5 cm³/mol. The molecule has 0 N–H and O–H groups in total. The molecule has 1 rings (SSSR count). The second-order valence-electron chi connectivity index (χ2n) is 2.46. The quantitative estimate of drug-likeness (QED) is 0.612. The summed E-state index contributed by atoms with van der Waals surface area (Å²) in [4.78, 5) is 3.61. The van der Waals surface area contributed by atoms with Gasteiger partial charge in [0.25, 0.3) is 0 Å². The van der Waals surface area contributed by atoms with Crippen LogP contribution in [0.25, 0.3) is 0 Å². The van der Waals surface area contributed by atoms with E-state index in [1.165, 1.54) is 0 Å². The minimum absolute atomic E-state index is 0.164. The van der Waals surface area contributed by atoms with Gasteiger partial charge in [0.15, 0.2) is 0 Å². The summed E-state index contributed by atoms with van der Waals surface area (Å²) in [6.45, 7) is 0.164. The Morgan fingerprint density at radius 2 is 2.17 bits per heavy atom. The Morgan fingerprint density at radius 1 is 1.50 bits per heavy atom. The Kier molecular flexibility index (Phi) is 2.55. The van der Waals surface area contributed by atoms with Gasteiger partial charge in [0, 0.05) is 6.54 Å². The molecule has 0 aromatic carbocycles. The summed E-state index contributed by atoms with van der Waals surface area (Å²) < 4.78 is 34.9. The minimum Gasteiger partial charge on any atom is -0.199 e. The molecule has 1 atom stereocenters. The SMILES string of the molecule is N#CC1CCCN1OC(F)(F)F. The van der Waals surface area contributed by atoms with Crippen LogP contribution in [0.4, 0.5) is 13.2 Å². The molecular formula is C6H7F3N2O. The van der Waals surface area contributed by atoms with E-state index in [9.17, 15) is 13.2 Å². The molecule has 68 valence electrons. The van der Waals surface area contributed by atoms with Gasteiger partial charge < -0.3 is 0 Å². The summed E-state index contributed by atoms with van der Waals surface area (Å²) in [5, 5.41) is 9.07. The summed E-state index contributed by atoms with van der Waals surface area (Å²) >= 11 is 0. The third-order valence-corrected chi connectivity index (χ3v) is 1.57. The van der Waals surface area contributed by atoms with Crippen LogP contribution in [0.2, 0.25) is 0 Å². The van der Waals surface area contributed by atoms with Crippen LogP contribution < -0.4 is 0 Å². The van der Waals surface area contributed by atoms with Crippen LogP contribution in [-0.4, -0.2) is 24.0 Å². The number of hydrogen-bond acceptors (Lipinski definition) is 3. The fourth-order valence-corrected chi connectivity index (χ4v) is 1.11. The van der Waals surface area contributed by atoms with Gasteiger partial charge >= 0.3 is 6.36 Å². The van der Waals surface area contributed by atoms with E-state index >= 15 is 0 Å². The molecule has 3 nitrogen and oxygen atoms in total. The maximum absolute atomic E-state index is 11.6. The van der Waals surface area contributed by atoms with Crippen molar-refractivity contribution in [1.82, 2.24) is 5.06 Å². The molecule has 0 bridgehead atoms. The van der Waals surface area contributed by atoms with E-state index in [0.29, 0.717) is 17.9 Å². The lowest BCUT2D eigenvalue weighted by Crippen LogP contribution is -2.34. The van der Waals surface area contributed by atoms with Gasteiger partial charge in [0.05, 0.1) is 6.07 Å².